The van der Waals surface area contributed by atoms with E-state index < -0.39 is 63.5 Å². The van der Waals surface area contributed by atoms with Crippen LogP contribution in [0.15, 0.2) is 10.7 Å². The van der Waals surface area contributed by atoms with Gasteiger partial charge < -0.3 is 5.32 Å². The molecule has 2 rings (SSSR count). The molecule has 0 unspecified atom stereocenters. The van der Waals surface area contributed by atoms with Crippen LogP contribution in [0.3, 0.4) is 0 Å². The molecular weight excluding hydrogens is 355 g/mol. The van der Waals surface area contributed by atoms with Crippen LogP contribution < -0.4 is 5.32 Å². The average Bonchev–Trinajstić information content (AvgIpc) is 2.69. The van der Waals surface area contributed by atoms with Crippen LogP contribution >= 0.6 is 0 Å². The third kappa shape index (κ3) is 2.25. The molecule has 0 heterocycles. The maximum Gasteiger partial charge on any atom is 0.433 e. The Kier molecular flexibility index (Phi) is 4.09. The molecule has 0 aromatic heterocycles. The highest BCUT2D eigenvalue weighted by atomic mass is 19.4. The van der Waals surface area contributed by atoms with Crippen LogP contribution in [-0.2, 0) is 5.92 Å². The van der Waals surface area contributed by atoms with Crippen LogP contribution in [0.1, 0.15) is 11.1 Å². The minimum atomic E-state index is -5.34. The summed E-state index contributed by atoms with van der Waals surface area (Å²) in [6.07, 6.45) is -5.34. The second-order valence-corrected chi connectivity index (χ2v) is 4.65. The van der Waals surface area contributed by atoms with Gasteiger partial charge in [-0.3, -0.25) is 4.99 Å². The molecule has 1 aliphatic rings. The number of hydrogen-bond donors (Lipinski definition) is 1. The lowest BCUT2D eigenvalue weighted by atomic mass is 9.99. The zero-order chi connectivity index (χ0) is 18.6. The Hall–Kier alpha value is -2.20. The number of fused-ring (bicyclic) bond motifs is 1. The van der Waals surface area contributed by atoms with Crippen LogP contribution in [0, 0.1) is 23.3 Å². The van der Waals surface area contributed by atoms with Crippen molar-refractivity contribution < 1.29 is 39.5 Å². The molecule has 0 fully saturated rings. The lowest BCUT2D eigenvalue weighted by Gasteiger charge is -2.17. The fraction of sp³-hybridized carbons (Fsp3) is 0.308. The molecule has 1 N–H and O–H groups in total. The van der Waals surface area contributed by atoms with Gasteiger partial charge >= 0.3 is 12.1 Å². The number of rotatable bonds is 2. The highest BCUT2D eigenvalue weighted by molar-refractivity contribution is 6.29. The van der Waals surface area contributed by atoms with E-state index in [2.05, 4.69) is 4.99 Å². The SMILES string of the molecule is CN=C(C1=C(NC)C(F)(F)c2c(F)c(F)c(F)c(F)c21)C(F)(F)F. The normalized spacial score (nSPS) is 17.4. The van der Waals surface area contributed by atoms with Gasteiger partial charge in [0, 0.05) is 25.2 Å². The Morgan fingerprint density at radius 1 is 0.958 bits per heavy atom. The van der Waals surface area contributed by atoms with Crippen molar-refractivity contribution in [2.45, 2.75) is 12.1 Å². The van der Waals surface area contributed by atoms with Crippen molar-refractivity contribution in [3.8, 4) is 0 Å². The third-order valence-corrected chi connectivity index (χ3v) is 3.37. The van der Waals surface area contributed by atoms with E-state index >= 15 is 0 Å². The summed E-state index contributed by atoms with van der Waals surface area (Å²) in [6, 6.07) is 0. The minimum Gasteiger partial charge on any atom is -0.386 e. The summed E-state index contributed by atoms with van der Waals surface area (Å²) in [7, 11) is 1.34. The van der Waals surface area contributed by atoms with Gasteiger partial charge in [-0.05, 0) is 0 Å². The van der Waals surface area contributed by atoms with Crippen LogP contribution in [0.5, 0.6) is 0 Å². The number of benzene rings is 1. The summed E-state index contributed by atoms with van der Waals surface area (Å²) in [5.41, 5.74) is -8.89. The van der Waals surface area contributed by atoms with Gasteiger partial charge in [-0.25, -0.2) is 17.6 Å². The fourth-order valence-corrected chi connectivity index (χ4v) is 2.47. The number of allylic oxidation sites excluding steroid dienone is 2. The molecule has 0 spiro atoms. The molecule has 0 amide bonds. The largest absolute Gasteiger partial charge is 0.433 e. The van der Waals surface area contributed by atoms with Crippen LogP contribution in [0.4, 0.5) is 39.5 Å². The fourth-order valence-electron chi connectivity index (χ4n) is 2.47. The number of aliphatic imine (C=N–C) groups is 1. The number of nitrogens with zero attached hydrogens (tertiary/aromatic N) is 1. The van der Waals surface area contributed by atoms with Crippen molar-refractivity contribution in [2.75, 3.05) is 14.1 Å². The van der Waals surface area contributed by atoms with Crippen molar-refractivity contribution in [3.63, 3.8) is 0 Å². The van der Waals surface area contributed by atoms with E-state index in [0.29, 0.717) is 7.05 Å². The second-order valence-electron chi connectivity index (χ2n) is 4.65. The average molecular weight is 362 g/mol. The summed E-state index contributed by atoms with van der Waals surface area (Å²) >= 11 is 0. The van der Waals surface area contributed by atoms with Gasteiger partial charge in [-0.2, -0.15) is 22.0 Å². The molecule has 11 heteroatoms. The molecule has 1 aliphatic carbocycles. The molecule has 0 radical (unpaired) electrons. The van der Waals surface area contributed by atoms with E-state index in [-0.39, 0.29) is 0 Å². The zero-order valence-corrected chi connectivity index (χ0v) is 11.8. The summed E-state index contributed by atoms with van der Waals surface area (Å²) in [5.74, 6) is -14.5. The number of alkyl halides is 5. The third-order valence-electron chi connectivity index (χ3n) is 3.37. The predicted octanol–water partition coefficient (Wildman–Crippen LogP) is 3.91. The summed E-state index contributed by atoms with van der Waals surface area (Å²) in [4.78, 5) is 2.78. The second kappa shape index (κ2) is 5.42. The van der Waals surface area contributed by atoms with Crippen molar-refractivity contribution in [1.29, 1.82) is 0 Å². The minimum absolute atomic E-state index is 0.577. The molecule has 1 aromatic carbocycles. The van der Waals surface area contributed by atoms with E-state index in [9.17, 15) is 39.5 Å². The summed E-state index contributed by atoms with van der Waals surface area (Å²) in [5, 5.41) is 1.70. The molecule has 132 valence electrons. The molecule has 0 saturated heterocycles. The lowest BCUT2D eigenvalue weighted by molar-refractivity contribution is -0.0572. The smallest absolute Gasteiger partial charge is 0.386 e. The van der Waals surface area contributed by atoms with Gasteiger partial charge in [-0.1, -0.05) is 0 Å². The Balaban J connectivity index is 3.03. The maximum absolute atomic E-state index is 14.3. The molecule has 0 atom stereocenters. The highest BCUT2D eigenvalue weighted by Gasteiger charge is 2.56. The first-order valence-electron chi connectivity index (χ1n) is 6.12. The molecular formula is C13H7F9N2. The first-order chi connectivity index (χ1) is 10.9. The zero-order valence-electron chi connectivity index (χ0n) is 11.8. The van der Waals surface area contributed by atoms with Crippen molar-refractivity contribution in [3.05, 3.63) is 40.1 Å². The van der Waals surface area contributed by atoms with Crippen LogP contribution in [0.25, 0.3) is 5.57 Å². The van der Waals surface area contributed by atoms with Gasteiger partial charge in [-0.15, -0.1) is 0 Å². The van der Waals surface area contributed by atoms with E-state index in [1.165, 1.54) is 0 Å². The van der Waals surface area contributed by atoms with E-state index in [1.54, 1.807) is 5.32 Å². The Morgan fingerprint density at radius 2 is 1.46 bits per heavy atom. The maximum atomic E-state index is 14.3. The summed E-state index contributed by atoms with van der Waals surface area (Å²) in [6.45, 7) is 0. The van der Waals surface area contributed by atoms with Crippen LogP contribution in [-0.4, -0.2) is 26.0 Å². The standard InChI is InChI=1S/C13H7F9N2/c1-23-10-4(11(24-2)13(20,21)22)3-5(12(10,18)19)7(15)9(17)8(16)6(3)14/h23H,1-2H3. The Bertz CT molecular complexity index is 775. The van der Waals surface area contributed by atoms with Gasteiger partial charge in [0.05, 0.1) is 11.3 Å². The number of nitrogens with one attached hydrogen (secondary N) is 1. The van der Waals surface area contributed by atoms with E-state index in [4.69, 9.17) is 0 Å². The number of likely N-dealkylation sites (N-methyl/N-ethyl adjacent to an activating group) is 1. The van der Waals surface area contributed by atoms with Gasteiger partial charge in [0.25, 0.3) is 0 Å². The lowest BCUT2D eigenvalue weighted by Crippen LogP contribution is -2.28. The van der Waals surface area contributed by atoms with Gasteiger partial charge in [0.15, 0.2) is 23.3 Å². The molecule has 24 heavy (non-hydrogen) atoms. The molecule has 0 aliphatic heterocycles. The highest BCUT2D eigenvalue weighted by Crippen LogP contribution is 2.52. The summed E-state index contributed by atoms with van der Waals surface area (Å²) < 4.78 is 122. The molecule has 0 bridgehead atoms. The van der Waals surface area contributed by atoms with Gasteiger partial charge in [0.2, 0.25) is 0 Å². The first kappa shape index (κ1) is 18.1. The quantitative estimate of drug-likeness (QED) is 0.367. The van der Waals surface area contributed by atoms with Crippen LogP contribution in [0.2, 0.25) is 0 Å². The number of halogens is 9. The van der Waals surface area contributed by atoms with Crippen molar-refractivity contribution in [1.82, 2.24) is 5.32 Å². The Morgan fingerprint density at radius 3 is 1.88 bits per heavy atom. The topological polar surface area (TPSA) is 24.4 Å². The number of hydrogen-bond acceptors (Lipinski definition) is 2. The molecule has 0 saturated carbocycles. The predicted molar refractivity (Wildman–Crippen MR) is 65.6 cm³/mol. The first-order valence-corrected chi connectivity index (χ1v) is 6.12. The Labute approximate surface area is 128 Å². The van der Waals surface area contributed by atoms with E-state index in [1.807, 2.05) is 0 Å². The monoisotopic (exact) mass is 362 g/mol. The van der Waals surface area contributed by atoms with Crippen molar-refractivity contribution >= 4 is 11.3 Å². The van der Waals surface area contributed by atoms with E-state index in [0.717, 1.165) is 7.05 Å². The molecule has 1 aromatic rings. The van der Waals surface area contributed by atoms with Crippen molar-refractivity contribution in [2.24, 2.45) is 4.99 Å². The molecule has 2 nitrogen and oxygen atoms in total. The van der Waals surface area contributed by atoms with Gasteiger partial charge in [0.1, 0.15) is 5.71 Å².